The van der Waals surface area contributed by atoms with E-state index in [2.05, 4.69) is 20.1 Å². The second kappa shape index (κ2) is 5.08. The Hall–Kier alpha value is -2.84. The van der Waals surface area contributed by atoms with Crippen LogP contribution in [0.2, 0.25) is 0 Å². The van der Waals surface area contributed by atoms with Crippen molar-refractivity contribution < 1.29 is 18.1 Å². The van der Waals surface area contributed by atoms with E-state index in [9.17, 15) is 13.6 Å². The number of alkyl halides is 2. The number of hydrogen-bond donors (Lipinski definition) is 1. The number of likely N-dealkylation sites (tertiary alicyclic amines) is 1. The first-order chi connectivity index (χ1) is 11.4. The highest BCUT2D eigenvalue weighted by atomic mass is 19.3. The first-order valence-electron chi connectivity index (χ1n) is 7.35. The molecule has 1 fully saturated rings. The molecule has 9 heteroatoms. The van der Waals surface area contributed by atoms with Crippen LogP contribution in [0.5, 0.6) is 0 Å². The van der Waals surface area contributed by atoms with Gasteiger partial charge in [0.05, 0.1) is 23.9 Å². The van der Waals surface area contributed by atoms with E-state index >= 15 is 0 Å². The number of nitrogens with zero attached hydrogens (tertiary/aromatic N) is 4. The average Bonchev–Trinajstić information content (AvgIpc) is 3.23. The molecule has 1 aliphatic rings. The van der Waals surface area contributed by atoms with Gasteiger partial charge in [-0.25, -0.2) is 13.8 Å². The van der Waals surface area contributed by atoms with Crippen LogP contribution in [-0.4, -0.2) is 43.4 Å². The Bertz CT molecular complexity index is 919. The summed E-state index contributed by atoms with van der Waals surface area (Å²) in [5.74, 6) is -3.14. The molecule has 3 aromatic rings. The molecule has 1 saturated heterocycles. The van der Waals surface area contributed by atoms with Crippen LogP contribution in [0.15, 0.2) is 29.0 Å². The van der Waals surface area contributed by atoms with E-state index in [0.29, 0.717) is 22.4 Å². The maximum atomic E-state index is 13.9. The highest BCUT2D eigenvalue weighted by molar-refractivity contribution is 5.97. The quantitative estimate of drug-likeness (QED) is 0.778. The number of aromatic amines is 1. The molecule has 1 N–H and O–H groups in total. The summed E-state index contributed by atoms with van der Waals surface area (Å²) in [5, 5.41) is 3.63. The van der Waals surface area contributed by atoms with Gasteiger partial charge in [-0.3, -0.25) is 4.79 Å². The lowest BCUT2D eigenvalue weighted by Gasteiger charge is -2.21. The third-order valence-corrected chi connectivity index (χ3v) is 4.03. The van der Waals surface area contributed by atoms with E-state index in [1.54, 1.807) is 25.1 Å². The zero-order chi connectivity index (χ0) is 16.9. The fourth-order valence-corrected chi connectivity index (χ4v) is 2.93. The molecule has 4 rings (SSSR count). The first kappa shape index (κ1) is 14.7. The molecule has 7 nitrogen and oxygen atoms in total. The molecular formula is C15H13F2N5O2. The zero-order valence-electron chi connectivity index (χ0n) is 12.7. The van der Waals surface area contributed by atoms with Crippen molar-refractivity contribution in [2.24, 2.45) is 0 Å². The highest BCUT2D eigenvalue weighted by Crippen LogP contribution is 2.41. The number of nitrogens with one attached hydrogen (secondary N) is 1. The summed E-state index contributed by atoms with van der Waals surface area (Å²) in [5.41, 5.74) is 1.66. The number of hydrogen-bond acceptors (Lipinski definition) is 5. The molecule has 1 atom stereocenters. The Morgan fingerprint density at radius 1 is 1.46 bits per heavy atom. The van der Waals surface area contributed by atoms with Gasteiger partial charge in [0.2, 0.25) is 5.89 Å². The van der Waals surface area contributed by atoms with Gasteiger partial charge in [0.1, 0.15) is 6.04 Å². The number of carbonyl (C=O) groups excluding carboxylic acids is 1. The van der Waals surface area contributed by atoms with Gasteiger partial charge in [0.25, 0.3) is 11.8 Å². The van der Waals surface area contributed by atoms with Crippen molar-refractivity contribution in [3.05, 3.63) is 41.8 Å². The predicted molar refractivity (Wildman–Crippen MR) is 78.5 cm³/mol. The predicted octanol–water partition coefficient (Wildman–Crippen LogP) is 2.48. The Morgan fingerprint density at radius 3 is 3.04 bits per heavy atom. The normalized spacial score (nSPS) is 20.0. The molecule has 24 heavy (non-hydrogen) atoms. The molecule has 0 bridgehead atoms. The molecule has 3 heterocycles. The highest BCUT2D eigenvalue weighted by Gasteiger charge is 2.49. The summed E-state index contributed by atoms with van der Waals surface area (Å²) >= 11 is 0. The van der Waals surface area contributed by atoms with Crippen molar-refractivity contribution >= 4 is 16.9 Å². The van der Waals surface area contributed by atoms with Gasteiger partial charge in [-0.2, -0.15) is 4.98 Å². The standard InChI is InChI=1S/C15H13F2N5O2/c1-8-20-13(24-21-8)12-5-15(16,17)6-22(12)14(23)9-2-3-10-11(4-9)19-7-18-10/h2-4,7,12H,5-6H2,1H3,(H,18,19)/t12-/m0/s1. The molecule has 1 aliphatic heterocycles. The van der Waals surface area contributed by atoms with E-state index < -0.39 is 30.8 Å². The van der Waals surface area contributed by atoms with Crippen LogP contribution in [0.4, 0.5) is 8.78 Å². The summed E-state index contributed by atoms with van der Waals surface area (Å²) in [4.78, 5) is 24.8. The molecule has 0 spiro atoms. The molecule has 124 valence electrons. The van der Waals surface area contributed by atoms with Crippen LogP contribution in [0.1, 0.15) is 34.5 Å². The van der Waals surface area contributed by atoms with Crippen LogP contribution in [0.25, 0.3) is 11.0 Å². The lowest BCUT2D eigenvalue weighted by molar-refractivity contribution is 0.0117. The Balaban J connectivity index is 1.70. The molecule has 0 radical (unpaired) electrons. The van der Waals surface area contributed by atoms with Crippen LogP contribution >= 0.6 is 0 Å². The zero-order valence-corrected chi connectivity index (χ0v) is 12.7. The smallest absolute Gasteiger partial charge is 0.267 e. The minimum atomic E-state index is -3.00. The lowest BCUT2D eigenvalue weighted by atomic mass is 10.1. The number of aromatic nitrogens is 4. The average molecular weight is 333 g/mol. The fourth-order valence-electron chi connectivity index (χ4n) is 2.93. The number of fused-ring (bicyclic) bond motifs is 1. The van der Waals surface area contributed by atoms with Crippen molar-refractivity contribution in [1.82, 2.24) is 25.0 Å². The number of rotatable bonds is 2. The SMILES string of the molecule is Cc1noc([C@@H]2CC(F)(F)CN2C(=O)c2ccc3nc[nH]c3c2)n1. The molecule has 0 saturated carbocycles. The van der Waals surface area contributed by atoms with Gasteiger partial charge in [-0.15, -0.1) is 0 Å². The van der Waals surface area contributed by atoms with Crippen LogP contribution < -0.4 is 0 Å². The molecule has 0 aliphatic carbocycles. The molecule has 0 unspecified atom stereocenters. The minimum absolute atomic E-state index is 0.0284. The largest absolute Gasteiger partial charge is 0.345 e. The monoisotopic (exact) mass is 333 g/mol. The van der Waals surface area contributed by atoms with E-state index in [1.165, 1.54) is 6.33 Å². The number of amides is 1. The fraction of sp³-hybridized carbons (Fsp3) is 0.333. The number of imidazole rings is 1. The maximum absolute atomic E-state index is 13.9. The first-order valence-corrected chi connectivity index (χ1v) is 7.35. The Labute approximate surface area is 134 Å². The second-order valence-electron chi connectivity index (χ2n) is 5.82. The van der Waals surface area contributed by atoms with E-state index in [4.69, 9.17) is 4.52 Å². The molecule has 1 aromatic carbocycles. The topological polar surface area (TPSA) is 87.9 Å². The van der Waals surface area contributed by atoms with Crippen molar-refractivity contribution in [2.75, 3.05) is 6.54 Å². The number of aryl methyl sites for hydroxylation is 1. The summed E-state index contributed by atoms with van der Waals surface area (Å²) in [6, 6.07) is 3.89. The summed E-state index contributed by atoms with van der Waals surface area (Å²) in [6.45, 7) is 0.914. The van der Waals surface area contributed by atoms with Gasteiger partial charge >= 0.3 is 0 Å². The van der Waals surface area contributed by atoms with Crippen molar-refractivity contribution in [2.45, 2.75) is 25.3 Å². The van der Waals surface area contributed by atoms with Gasteiger partial charge in [-0.05, 0) is 25.1 Å². The summed E-state index contributed by atoms with van der Waals surface area (Å²) in [6.07, 6.45) is 0.972. The third kappa shape index (κ3) is 2.41. The lowest BCUT2D eigenvalue weighted by Crippen LogP contribution is -2.33. The van der Waals surface area contributed by atoms with Crippen molar-refractivity contribution in [1.29, 1.82) is 0 Å². The van der Waals surface area contributed by atoms with Crippen molar-refractivity contribution in [3.63, 3.8) is 0 Å². The number of benzene rings is 1. The van der Waals surface area contributed by atoms with Gasteiger partial charge in [-0.1, -0.05) is 5.16 Å². The minimum Gasteiger partial charge on any atom is -0.345 e. The van der Waals surface area contributed by atoms with Crippen LogP contribution in [0, 0.1) is 6.92 Å². The van der Waals surface area contributed by atoms with Crippen molar-refractivity contribution in [3.8, 4) is 0 Å². The van der Waals surface area contributed by atoms with Gasteiger partial charge < -0.3 is 14.4 Å². The van der Waals surface area contributed by atoms with E-state index in [1.807, 2.05) is 0 Å². The number of carbonyl (C=O) groups is 1. The molecule has 1 amide bonds. The number of halogens is 2. The maximum Gasteiger partial charge on any atom is 0.267 e. The second-order valence-corrected chi connectivity index (χ2v) is 5.82. The van der Waals surface area contributed by atoms with Gasteiger partial charge in [0.15, 0.2) is 5.82 Å². The van der Waals surface area contributed by atoms with Crippen LogP contribution in [0.3, 0.4) is 0 Å². The molecule has 2 aromatic heterocycles. The number of H-pyrrole nitrogens is 1. The summed E-state index contributed by atoms with van der Waals surface area (Å²) < 4.78 is 32.8. The van der Waals surface area contributed by atoms with Crippen LogP contribution in [-0.2, 0) is 0 Å². The summed E-state index contributed by atoms with van der Waals surface area (Å²) in [7, 11) is 0. The Kier molecular flexibility index (Phi) is 3.12. The van der Waals surface area contributed by atoms with Gasteiger partial charge in [0, 0.05) is 12.0 Å². The van der Waals surface area contributed by atoms with E-state index in [0.717, 1.165) is 4.90 Å². The Morgan fingerprint density at radius 2 is 2.29 bits per heavy atom. The van der Waals surface area contributed by atoms with E-state index in [-0.39, 0.29) is 5.89 Å². The molecular weight excluding hydrogens is 320 g/mol. The third-order valence-electron chi connectivity index (χ3n) is 4.03.